The van der Waals surface area contributed by atoms with Crippen molar-refractivity contribution < 1.29 is 9.53 Å². The van der Waals surface area contributed by atoms with E-state index in [0.717, 1.165) is 12.0 Å². The second kappa shape index (κ2) is 9.27. The molecule has 1 heterocycles. The maximum Gasteiger partial charge on any atom is 0.255 e. The zero-order valence-corrected chi connectivity index (χ0v) is 16.3. The van der Waals surface area contributed by atoms with Gasteiger partial charge in [0.1, 0.15) is 12.4 Å². The summed E-state index contributed by atoms with van der Waals surface area (Å²) < 4.78 is 5.78. The minimum atomic E-state index is -0.124. The van der Waals surface area contributed by atoms with Crippen LogP contribution < -0.4 is 4.74 Å². The van der Waals surface area contributed by atoms with Gasteiger partial charge in [-0.2, -0.15) is 0 Å². The van der Waals surface area contributed by atoms with Gasteiger partial charge in [-0.15, -0.1) is 0 Å². The Morgan fingerprint density at radius 2 is 1.88 bits per heavy atom. The Kier molecular flexibility index (Phi) is 7.36. The molecule has 0 saturated heterocycles. The van der Waals surface area contributed by atoms with E-state index in [1.807, 2.05) is 13.8 Å². The summed E-state index contributed by atoms with van der Waals surface area (Å²) in [6.07, 6.45) is 3.84. The molecule has 1 amide bonds. The molecule has 0 fully saturated rings. The van der Waals surface area contributed by atoms with Crippen molar-refractivity contribution in [1.82, 2.24) is 9.88 Å². The van der Waals surface area contributed by atoms with Crippen molar-refractivity contribution >= 4 is 40.7 Å². The fraction of sp³-hybridized carbons (Fsp3) is 0.333. The largest absolute Gasteiger partial charge is 0.491 e. The van der Waals surface area contributed by atoms with E-state index >= 15 is 0 Å². The quantitative estimate of drug-likeness (QED) is 0.634. The van der Waals surface area contributed by atoms with Crippen LogP contribution in [0, 0.1) is 6.92 Å². The average Bonchev–Trinajstić information content (AvgIpc) is 2.57. The Morgan fingerprint density at radius 1 is 1.12 bits per heavy atom. The van der Waals surface area contributed by atoms with Crippen molar-refractivity contribution in [1.29, 1.82) is 0 Å². The number of benzene rings is 1. The summed E-state index contributed by atoms with van der Waals surface area (Å²) in [4.78, 5) is 18.3. The van der Waals surface area contributed by atoms with Crippen LogP contribution in [0.3, 0.4) is 0 Å². The molecule has 0 N–H and O–H groups in total. The van der Waals surface area contributed by atoms with Gasteiger partial charge in [0.15, 0.2) is 0 Å². The Labute approximate surface area is 162 Å². The normalized spacial score (nSPS) is 10.6. The summed E-state index contributed by atoms with van der Waals surface area (Å²) in [5, 5.41) is 1.49. The molecule has 0 unspecified atom stereocenters. The van der Waals surface area contributed by atoms with Crippen molar-refractivity contribution in [3.63, 3.8) is 0 Å². The van der Waals surface area contributed by atoms with Gasteiger partial charge in [-0.3, -0.25) is 9.78 Å². The first kappa shape index (κ1) is 19.8. The molecule has 0 aliphatic heterocycles. The fourth-order valence-electron chi connectivity index (χ4n) is 2.33. The van der Waals surface area contributed by atoms with Gasteiger partial charge in [-0.1, -0.05) is 41.7 Å². The van der Waals surface area contributed by atoms with Gasteiger partial charge in [0.2, 0.25) is 0 Å². The highest BCUT2D eigenvalue weighted by Crippen LogP contribution is 2.30. The highest BCUT2D eigenvalue weighted by molar-refractivity contribution is 6.35. The van der Waals surface area contributed by atoms with Crippen LogP contribution >= 0.6 is 34.8 Å². The summed E-state index contributed by atoms with van der Waals surface area (Å²) in [6.45, 7) is 5.25. The van der Waals surface area contributed by atoms with E-state index in [9.17, 15) is 4.79 Å². The molecule has 0 atom stereocenters. The monoisotopic (exact) mass is 400 g/mol. The second-order valence-electron chi connectivity index (χ2n) is 5.54. The lowest BCUT2D eigenvalue weighted by Crippen LogP contribution is -2.35. The zero-order chi connectivity index (χ0) is 18.4. The third-order valence-electron chi connectivity index (χ3n) is 3.61. The number of rotatable bonds is 7. The second-order valence-corrected chi connectivity index (χ2v) is 6.82. The molecule has 134 valence electrons. The molecule has 2 aromatic rings. The van der Waals surface area contributed by atoms with Gasteiger partial charge in [0.05, 0.1) is 17.1 Å². The molecule has 0 spiro atoms. The molecular formula is C18H19Cl3N2O2. The fourth-order valence-corrected chi connectivity index (χ4v) is 2.98. The highest BCUT2D eigenvalue weighted by atomic mass is 35.5. The Hall–Kier alpha value is -1.49. The first-order valence-corrected chi connectivity index (χ1v) is 9.04. The molecule has 0 saturated carbocycles. The standard InChI is InChI=1S/C18H19Cl3N2O2/c1-3-4-23(18(24)13-7-15(20)11-22-10-13)5-6-25-17-9-14(19)8-16(21)12(17)2/h7-11H,3-6H2,1-2H3. The van der Waals surface area contributed by atoms with E-state index in [1.54, 1.807) is 23.1 Å². The predicted octanol–water partition coefficient (Wildman–Crippen LogP) is 5.28. The van der Waals surface area contributed by atoms with Crippen molar-refractivity contribution in [3.05, 3.63) is 56.8 Å². The summed E-state index contributed by atoms with van der Waals surface area (Å²) in [5.41, 5.74) is 1.28. The maximum absolute atomic E-state index is 12.6. The van der Waals surface area contributed by atoms with E-state index < -0.39 is 0 Å². The lowest BCUT2D eigenvalue weighted by molar-refractivity contribution is 0.0729. The van der Waals surface area contributed by atoms with Crippen LogP contribution in [0.2, 0.25) is 15.1 Å². The number of ether oxygens (including phenoxy) is 1. The summed E-state index contributed by atoms with van der Waals surface area (Å²) in [5.74, 6) is 0.493. The summed E-state index contributed by atoms with van der Waals surface area (Å²) in [6, 6.07) is 5.00. The first-order valence-electron chi connectivity index (χ1n) is 7.90. The van der Waals surface area contributed by atoms with Crippen molar-refractivity contribution in [2.24, 2.45) is 0 Å². The average molecular weight is 402 g/mol. The molecule has 0 radical (unpaired) electrons. The van der Waals surface area contributed by atoms with Crippen LogP contribution in [0.1, 0.15) is 29.3 Å². The van der Waals surface area contributed by atoms with Gasteiger partial charge >= 0.3 is 0 Å². The van der Waals surface area contributed by atoms with Gasteiger partial charge in [-0.05, 0) is 31.5 Å². The van der Waals surface area contributed by atoms with E-state index in [2.05, 4.69) is 4.98 Å². The minimum Gasteiger partial charge on any atom is -0.491 e. The number of hydrogen-bond donors (Lipinski definition) is 0. The van der Waals surface area contributed by atoms with E-state index in [0.29, 0.717) is 46.1 Å². The number of hydrogen-bond acceptors (Lipinski definition) is 3. The smallest absolute Gasteiger partial charge is 0.255 e. The van der Waals surface area contributed by atoms with E-state index in [-0.39, 0.29) is 5.91 Å². The topological polar surface area (TPSA) is 42.4 Å². The summed E-state index contributed by atoms with van der Waals surface area (Å²) >= 11 is 18.0. The SMILES string of the molecule is CCCN(CCOc1cc(Cl)cc(Cl)c1C)C(=O)c1cncc(Cl)c1. The molecule has 0 aliphatic rings. The Morgan fingerprint density at radius 3 is 2.56 bits per heavy atom. The minimum absolute atomic E-state index is 0.124. The van der Waals surface area contributed by atoms with Crippen molar-refractivity contribution in [3.8, 4) is 5.75 Å². The van der Waals surface area contributed by atoms with Crippen LogP contribution in [0.5, 0.6) is 5.75 Å². The first-order chi connectivity index (χ1) is 11.9. The number of nitrogens with zero attached hydrogens (tertiary/aromatic N) is 2. The number of aromatic nitrogens is 1. The van der Waals surface area contributed by atoms with Crippen molar-refractivity contribution in [2.45, 2.75) is 20.3 Å². The lowest BCUT2D eigenvalue weighted by Gasteiger charge is -2.22. The lowest BCUT2D eigenvalue weighted by atomic mass is 10.2. The van der Waals surface area contributed by atoms with Crippen LogP contribution in [0.25, 0.3) is 0 Å². The number of amides is 1. The molecule has 0 bridgehead atoms. The Balaban J connectivity index is 2.04. The number of carbonyl (C=O) groups is 1. The van der Waals surface area contributed by atoms with E-state index in [4.69, 9.17) is 39.5 Å². The molecule has 0 aliphatic carbocycles. The van der Waals surface area contributed by atoms with E-state index in [1.165, 1.54) is 12.4 Å². The number of carbonyl (C=O) groups excluding carboxylic acids is 1. The molecule has 25 heavy (non-hydrogen) atoms. The van der Waals surface area contributed by atoms with Crippen LogP contribution in [-0.4, -0.2) is 35.5 Å². The molecule has 2 rings (SSSR count). The molecule has 1 aromatic heterocycles. The predicted molar refractivity (Wildman–Crippen MR) is 102 cm³/mol. The third-order valence-corrected chi connectivity index (χ3v) is 4.43. The molecule has 1 aromatic carbocycles. The molecule has 4 nitrogen and oxygen atoms in total. The van der Waals surface area contributed by atoms with Crippen LogP contribution in [0.4, 0.5) is 0 Å². The number of pyridine rings is 1. The van der Waals surface area contributed by atoms with Crippen LogP contribution in [0.15, 0.2) is 30.6 Å². The molecule has 7 heteroatoms. The molecular weight excluding hydrogens is 383 g/mol. The van der Waals surface area contributed by atoms with Gasteiger partial charge < -0.3 is 9.64 Å². The van der Waals surface area contributed by atoms with Crippen molar-refractivity contribution in [2.75, 3.05) is 19.7 Å². The zero-order valence-electron chi connectivity index (χ0n) is 14.1. The Bertz CT molecular complexity index is 753. The third kappa shape index (κ3) is 5.50. The maximum atomic E-state index is 12.6. The van der Waals surface area contributed by atoms with Gasteiger partial charge in [-0.25, -0.2) is 0 Å². The van der Waals surface area contributed by atoms with Gasteiger partial charge in [0, 0.05) is 34.5 Å². The van der Waals surface area contributed by atoms with Crippen LogP contribution in [-0.2, 0) is 0 Å². The van der Waals surface area contributed by atoms with Gasteiger partial charge in [0.25, 0.3) is 5.91 Å². The number of halogens is 3. The highest BCUT2D eigenvalue weighted by Gasteiger charge is 2.16. The summed E-state index contributed by atoms with van der Waals surface area (Å²) in [7, 11) is 0.